The number of benzene rings is 2. The molecule has 11 nitrogen and oxygen atoms in total. The number of sulfonamides is 1. The van der Waals surface area contributed by atoms with E-state index in [-0.39, 0.29) is 35.2 Å². The molecule has 0 aliphatic carbocycles. The van der Waals surface area contributed by atoms with Crippen LogP contribution in [0.15, 0.2) is 77.8 Å². The summed E-state index contributed by atoms with van der Waals surface area (Å²) in [5, 5.41) is 5.28. The second-order valence-electron chi connectivity index (χ2n) is 8.04. The van der Waals surface area contributed by atoms with E-state index in [4.69, 9.17) is 9.47 Å². The van der Waals surface area contributed by atoms with Crippen molar-refractivity contribution in [3.8, 4) is 5.88 Å². The van der Waals surface area contributed by atoms with Crippen LogP contribution in [-0.4, -0.2) is 58.1 Å². The minimum absolute atomic E-state index is 0.0384. The summed E-state index contributed by atoms with van der Waals surface area (Å²) >= 11 is 0. The molecule has 200 valence electrons. The Hall–Kier alpha value is -4.29. The highest BCUT2D eigenvalue weighted by Gasteiger charge is 2.19. The van der Waals surface area contributed by atoms with E-state index >= 15 is 0 Å². The first-order chi connectivity index (χ1) is 18.3. The van der Waals surface area contributed by atoms with Gasteiger partial charge >= 0.3 is 6.09 Å². The van der Waals surface area contributed by atoms with Gasteiger partial charge in [0.25, 0.3) is 15.9 Å². The molecule has 3 N–H and O–H groups in total. The number of carbonyl (C=O) groups is 3. The molecule has 1 heterocycles. The minimum atomic E-state index is -4.14. The smallest absolute Gasteiger partial charge is 0.391 e. The Bertz CT molecular complexity index is 1330. The summed E-state index contributed by atoms with van der Waals surface area (Å²) < 4.78 is 37.0. The van der Waals surface area contributed by atoms with Gasteiger partial charge in [0.2, 0.25) is 11.8 Å². The van der Waals surface area contributed by atoms with E-state index in [0.29, 0.717) is 19.6 Å². The largest absolute Gasteiger partial charge is 0.414 e. The van der Waals surface area contributed by atoms with E-state index < -0.39 is 22.0 Å². The molecule has 12 heteroatoms. The molecule has 0 spiro atoms. The Kier molecular flexibility index (Phi) is 10.3. The predicted molar refractivity (Wildman–Crippen MR) is 138 cm³/mol. The van der Waals surface area contributed by atoms with Crippen LogP contribution < -0.4 is 20.1 Å². The number of amides is 3. The molecular weight excluding hydrogens is 512 g/mol. The molecule has 0 fully saturated rings. The van der Waals surface area contributed by atoms with E-state index in [0.717, 1.165) is 17.3 Å². The van der Waals surface area contributed by atoms with E-state index in [2.05, 4.69) is 15.6 Å². The lowest BCUT2D eigenvalue weighted by atomic mass is 10.1. The minimum Gasteiger partial charge on any atom is -0.391 e. The van der Waals surface area contributed by atoms with Crippen molar-refractivity contribution < 1.29 is 32.3 Å². The molecule has 0 unspecified atom stereocenters. The third-order valence-electron chi connectivity index (χ3n) is 5.18. The van der Waals surface area contributed by atoms with Crippen molar-refractivity contribution in [2.45, 2.75) is 17.7 Å². The number of carbonyl (C=O) groups excluding carboxylic acids is 3. The Morgan fingerprint density at radius 1 is 0.868 bits per heavy atom. The van der Waals surface area contributed by atoms with E-state index in [9.17, 15) is 22.8 Å². The average molecular weight is 541 g/mol. The molecule has 0 aliphatic heterocycles. The summed E-state index contributed by atoms with van der Waals surface area (Å²) in [5.41, 5.74) is 1.70. The van der Waals surface area contributed by atoms with Crippen LogP contribution in [0, 0.1) is 0 Å². The maximum Gasteiger partial charge on any atom is 0.414 e. The van der Waals surface area contributed by atoms with E-state index in [1.54, 1.807) is 12.1 Å². The van der Waals surface area contributed by atoms with Gasteiger partial charge in [0, 0.05) is 32.5 Å². The highest BCUT2D eigenvalue weighted by molar-refractivity contribution is 7.90. The van der Waals surface area contributed by atoms with Crippen LogP contribution in [0.4, 0.5) is 4.79 Å². The molecule has 0 aliphatic rings. The maximum atomic E-state index is 12.6. The number of pyridine rings is 1. The molecule has 0 saturated carbocycles. The Labute approximate surface area is 220 Å². The number of nitrogens with zero attached hydrogens (tertiary/aromatic N) is 1. The van der Waals surface area contributed by atoms with Gasteiger partial charge in [0.15, 0.2) is 0 Å². The maximum absolute atomic E-state index is 12.6. The quantitative estimate of drug-likeness (QED) is 0.294. The zero-order chi connectivity index (χ0) is 27.4. The molecule has 3 rings (SSSR count). The van der Waals surface area contributed by atoms with Crippen molar-refractivity contribution in [1.82, 2.24) is 20.3 Å². The Balaban J connectivity index is 1.48. The van der Waals surface area contributed by atoms with E-state index in [1.165, 1.54) is 31.4 Å². The van der Waals surface area contributed by atoms with Gasteiger partial charge < -0.3 is 20.1 Å². The van der Waals surface area contributed by atoms with Crippen LogP contribution in [0.2, 0.25) is 0 Å². The number of nitrogens with one attached hydrogen (secondary N) is 3. The lowest BCUT2D eigenvalue weighted by Crippen LogP contribution is -2.31. The van der Waals surface area contributed by atoms with Crippen molar-refractivity contribution in [3.63, 3.8) is 0 Å². The number of aromatic nitrogens is 1. The van der Waals surface area contributed by atoms with Crippen LogP contribution in [0.1, 0.15) is 21.5 Å². The number of methoxy groups -OCH3 is 1. The summed E-state index contributed by atoms with van der Waals surface area (Å²) in [7, 11) is -2.65. The Morgan fingerprint density at radius 2 is 1.61 bits per heavy atom. The monoisotopic (exact) mass is 540 g/mol. The van der Waals surface area contributed by atoms with Gasteiger partial charge in [-0.2, -0.15) is 0 Å². The molecule has 0 bridgehead atoms. The van der Waals surface area contributed by atoms with Crippen molar-refractivity contribution in [2.75, 3.05) is 26.8 Å². The van der Waals surface area contributed by atoms with Crippen LogP contribution in [0.3, 0.4) is 0 Å². The number of ether oxygens (including phenoxy) is 2. The molecule has 38 heavy (non-hydrogen) atoms. The average Bonchev–Trinajstić information content (AvgIpc) is 2.90. The summed E-state index contributed by atoms with van der Waals surface area (Å²) in [6, 6.07) is 17.9. The summed E-state index contributed by atoms with van der Waals surface area (Å²) in [6.45, 7) is 0.961. The fourth-order valence-corrected chi connectivity index (χ4v) is 4.20. The molecule has 2 aromatic carbocycles. The van der Waals surface area contributed by atoms with E-state index in [1.807, 2.05) is 35.1 Å². The number of hydrogen-bond acceptors (Lipinski definition) is 8. The first kappa shape index (κ1) is 28.3. The number of rotatable bonds is 12. The van der Waals surface area contributed by atoms with Crippen molar-refractivity contribution in [1.29, 1.82) is 0 Å². The second kappa shape index (κ2) is 13.9. The van der Waals surface area contributed by atoms with Gasteiger partial charge in [0.1, 0.15) is 0 Å². The van der Waals surface area contributed by atoms with Gasteiger partial charge in [-0.05, 0) is 35.7 Å². The topological polar surface area (TPSA) is 153 Å². The highest BCUT2D eigenvalue weighted by Crippen LogP contribution is 2.13. The normalized spacial score (nSPS) is 10.9. The molecule has 0 atom stereocenters. The van der Waals surface area contributed by atoms with Crippen molar-refractivity contribution in [2.24, 2.45) is 0 Å². The lowest BCUT2D eigenvalue weighted by Gasteiger charge is -2.09. The molecule has 1 aromatic heterocycles. The second-order valence-corrected chi connectivity index (χ2v) is 9.72. The molecule has 0 radical (unpaired) electrons. The van der Waals surface area contributed by atoms with Gasteiger partial charge in [0.05, 0.1) is 23.5 Å². The fraction of sp³-hybridized carbons (Fsp3) is 0.231. The number of hydrogen-bond donors (Lipinski definition) is 3. The standard InChI is InChI=1S/C26H28N4O7S/c1-36-16-15-28-26(33)37-24-12-9-21(18-29-24)25(32)30-38(34,35)22-10-7-19(8-11-22)13-14-27-23(31)17-20-5-3-2-4-6-20/h2-12,18H,13-17H2,1H3,(H,27,31)(H,28,33)(H,30,32). The molecule has 0 saturated heterocycles. The van der Waals surface area contributed by atoms with Crippen molar-refractivity contribution >= 4 is 27.9 Å². The van der Waals surface area contributed by atoms with Gasteiger partial charge in [-0.15, -0.1) is 0 Å². The third kappa shape index (κ3) is 8.98. The molecule has 3 amide bonds. The summed E-state index contributed by atoms with van der Waals surface area (Å²) in [6.07, 6.45) is 1.15. The van der Waals surface area contributed by atoms with Crippen LogP contribution >= 0.6 is 0 Å². The Morgan fingerprint density at radius 3 is 2.26 bits per heavy atom. The first-order valence-electron chi connectivity index (χ1n) is 11.6. The zero-order valence-electron chi connectivity index (χ0n) is 20.7. The SMILES string of the molecule is COCCNC(=O)Oc1ccc(C(=O)NS(=O)(=O)c2ccc(CCNC(=O)Cc3ccccc3)cc2)cn1. The van der Waals surface area contributed by atoms with Crippen LogP contribution in [-0.2, 0) is 32.4 Å². The van der Waals surface area contributed by atoms with Crippen molar-refractivity contribution in [3.05, 3.63) is 89.6 Å². The predicted octanol–water partition coefficient (Wildman–Crippen LogP) is 1.84. The fourth-order valence-electron chi connectivity index (χ4n) is 3.23. The third-order valence-corrected chi connectivity index (χ3v) is 6.52. The molecular formula is C26H28N4O7S. The zero-order valence-corrected chi connectivity index (χ0v) is 21.5. The van der Waals surface area contributed by atoms with Gasteiger partial charge in [-0.3, -0.25) is 9.59 Å². The lowest BCUT2D eigenvalue weighted by molar-refractivity contribution is -0.120. The summed E-state index contributed by atoms with van der Waals surface area (Å²) in [4.78, 5) is 39.9. The van der Waals surface area contributed by atoms with Crippen LogP contribution in [0.25, 0.3) is 0 Å². The first-order valence-corrected chi connectivity index (χ1v) is 13.1. The van der Waals surface area contributed by atoms with Gasteiger partial charge in [-0.1, -0.05) is 42.5 Å². The molecule has 3 aromatic rings. The highest BCUT2D eigenvalue weighted by atomic mass is 32.2. The summed E-state index contributed by atoms with van der Waals surface area (Å²) in [5.74, 6) is -1.05. The van der Waals surface area contributed by atoms with Crippen LogP contribution in [0.5, 0.6) is 5.88 Å². The van der Waals surface area contributed by atoms with Gasteiger partial charge in [-0.25, -0.2) is 22.9 Å².